The number of hydrogen-bond donors (Lipinski definition) is 8. The molecule has 0 amide bonds. The molecule has 2 heterocycles. The molecule has 13 nitrogen and oxygen atoms in total. The molecule has 6 rings (SSSR count). The van der Waals surface area contributed by atoms with Gasteiger partial charge in [-0.25, -0.2) is 0 Å². The summed E-state index contributed by atoms with van der Waals surface area (Å²) in [5, 5.41) is 85.1. The molecule has 0 spiro atoms. The first-order chi connectivity index (χ1) is 25.7. The molecule has 13 heteroatoms. The first-order valence-electron chi connectivity index (χ1n) is 20.8. The molecule has 2 aliphatic heterocycles. The summed E-state index contributed by atoms with van der Waals surface area (Å²) in [6.07, 6.45) is -4.07. The molecule has 6 aliphatic rings. The van der Waals surface area contributed by atoms with Gasteiger partial charge in [0.1, 0.15) is 55.1 Å². The van der Waals surface area contributed by atoms with Crippen LogP contribution in [-0.4, -0.2) is 133 Å². The monoisotopic (exact) mass is 782 g/mol. The van der Waals surface area contributed by atoms with E-state index in [1.54, 1.807) is 0 Å². The van der Waals surface area contributed by atoms with E-state index >= 15 is 0 Å². The molecular weight excluding hydrogens is 712 g/mol. The third kappa shape index (κ3) is 7.11. The fourth-order valence-electron chi connectivity index (χ4n) is 13.1. The van der Waals surface area contributed by atoms with Gasteiger partial charge in [0.25, 0.3) is 0 Å². The highest BCUT2D eigenvalue weighted by molar-refractivity contribution is 5.62. The Labute approximate surface area is 326 Å². The van der Waals surface area contributed by atoms with Crippen molar-refractivity contribution < 1.29 is 64.6 Å². The predicted octanol–water partition coefficient (Wildman–Crippen LogP) is 2.36. The highest BCUT2D eigenvalue weighted by atomic mass is 16.8. The van der Waals surface area contributed by atoms with E-state index in [4.69, 9.17) is 18.9 Å². The molecule has 0 aromatic rings. The topological polar surface area (TPSA) is 216 Å². The van der Waals surface area contributed by atoms with Gasteiger partial charge in [-0.2, -0.15) is 0 Å². The van der Waals surface area contributed by atoms with Crippen molar-refractivity contribution in [3.05, 3.63) is 11.6 Å². The van der Waals surface area contributed by atoms with Crippen molar-refractivity contribution in [1.29, 1.82) is 0 Å². The summed E-state index contributed by atoms with van der Waals surface area (Å²) < 4.78 is 24.3. The number of fused-ring (bicyclic) bond motifs is 5. The number of hydrogen-bond acceptors (Lipinski definition) is 13. The van der Waals surface area contributed by atoms with Crippen LogP contribution in [-0.2, 0) is 23.7 Å². The molecule has 8 N–H and O–H groups in total. The Morgan fingerprint density at radius 1 is 0.745 bits per heavy atom. The Morgan fingerprint density at radius 3 is 1.98 bits per heavy atom. The van der Waals surface area contributed by atoms with E-state index in [9.17, 15) is 45.6 Å². The summed E-state index contributed by atoms with van der Waals surface area (Å²) in [5.74, 6) is 0.678. The summed E-state index contributed by atoms with van der Waals surface area (Å²) in [5.41, 5.74) is -0.806. The molecule has 0 aromatic carbocycles. The standard InChI is InChI=1S/C42H70O13/c1-22(2)9-8-15-41(7,51)24-12-16-39(5)23(24)10-11-28-40(39,6)17-13-27-38(3,4)29(14-18-42(27,28)21-45)54-37-35(33(49)31(47)26(20-44)53-37)55-36-34(50)32(48)30(46)25(19-43)52-36/h9,21,23-37,43-44,46-51H,8,10-20H2,1-7H3/t23-,24+,25+,26+,27-,28-,29-,30+,31+,32-,33-,34+,35+,36-,37-,39+,40+,41-,42+/m0/s1. The summed E-state index contributed by atoms with van der Waals surface area (Å²) in [6, 6.07) is 0. The SMILES string of the molecule is CC(C)=CCC[C@](C)(O)[C@@H]1CC[C@]2(C)[C@H]1CC[C@@H]1[C@@]3(C=O)CC[C@H](O[C@@H]4O[C@H](CO)[C@@H](O)[C@H](O)[C@H]4O[C@@H]4O[C@H](CO)[C@@H](O)[C@H](O)[C@H]4O)C(C)(C)[C@@H]3CC[C@]12C. The average molecular weight is 783 g/mol. The molecule has 2 saturated heterocycles. The molecule has 55 heavy (non-hydrogen) atoms. The lowest BCUT2D eigenvalue weighted by atomic mass is 9.35. The number of ether oxygens (including phenoxy) is 4. The van der Waals surface area contributed by atoms with Crippen LogP contribution in [0.15, 0.2) is 11.6 Å². The van der Waals surface area contributed by atoms with Gasteiger partial charge in [0, 0.05) is 5.41 Å². The second kappa shape index (κ2) is 15.8. The van der Waals surface area contributed by atoms with Crippen LogP contribution in [0.4, 0.5) is 0 Å². The van der Waals surface area contributed by atoms with E-state index in [-0.39, 0.29) is 28.6 Å². The lowest BCUT2D eigenvalue weighted by Gasteiger charge is -2.69. The first kappa shape index (κ1) is 43.5. The van der Waals surface area contributed by atoms with E-state index < -0.39 is 97.2 Å². The lowest BCUT2D eigenvalue weighted by molar-refractivity contribution is -0.378. The van der Waals surface area contributed by atoms with Gasteiger partial charge in [-0.3, -0.25) is 0 Å². The largest absolute Gasteiger partial charge is 0.394 e. The maximum atomic E-state index is 13.7. The van der Waals surface area contributed by atoms with Gasteiger partial charge < -0.3 is 64.6 Å². The fourth-order valence-corrected chi connectivity index (χ4v) is 13.1. The van der Waals surface area contributed by atoms with Crippen LogP contribution in [0.3, 0.4) is 0 Å². The quantitative estimate of drug-likeness (QED) is 0.0860. The molecule has 316 valence electrons. The number of carbonyl (C=O) groups is 1. The van der Waals surface area contributed by atoms with Gasteiger partial charge in [0.05, 0.1) is 24.9 Å². The minimum absolute atomic E-state index is 0.0270. The van der Waals surface area contributed by atoms with Gasteiger partial charge >= 0.3 is 0 Å². The Balaban J connectivity index is 1.23. The highest BCUT2D eigenvalue weighted by Crippen LogP contribution is 2.75. The minimum Gasteiger partial charge on any atom is -0.394 e. The van der Waals surface area contributed by atoms with Gasteiger partial charge in [0.15, 0.2) is 12.6 Å². The summed E-state index contributed by atoms with van der Waals surface area (Å²) in [6.45, 7) is 14.0. The number of aldehydes is 1. The normalized spacial score (nSPS) is 50.6. The van der Waals surface area contributed by atoms with Gasteiger partial charge in [-0.1, -0.05) is 39.3 Å². The van der Waals surface area contributed by atoms with Gasteiger partial charge in [-0.05, 0) is 125 Å². The van der Waals surface area contributed by atoms with E-state index in [1.807, 2.05) is 6.92 Å². The predicted molar refractivity (Wildman–Crippen MR) is 200 cm³/mol. The number of aliphatic hydroxyl groups is 8. The van der Waals surface area contributed by atoms with Gasteiger partial charge in [0.2, 0.25) is 0 Å². The fraction of sp³-hybridized carbons (Fsp3) is 0.929. The minimum atomic E-state index is -1.77. The second-order valence-electron chi connectivity index (χ2n) is 19.7. The van der Waals surface area contributed by atoms with Gasteiger partial charge in [-0.15, -0.1) is 0 Å². The van der Waals surface area contributed by atoms with Crippen LogP contribution in [0.2, 0.25) is 0 Å². The zero-order valence-electron chi connectivity index (χ0n) is 33.9. The van der Waals surface area contributed by atoms with Crippen LogP contribution in [0.5, 0.6) is 0 Å². The van der Waals surface area contributed by atoms with Crippen molar-refractivity contribution in [2.24, 2.45) is 45.3 Å². The maximum Gasteiger partial charge on any atom is 0.187 e. The zero-order valence-corrected chi connectivity index (χ0v) is 33.9. The average Bonchev–Trinajstić information content (AvgIpc) is 3.50. The molecule has 0 radical (unpaired) electrons. The molecule has 4 aliphatic carbocycles. The molecular formula is C42H70O13. The smallest absolute Gasteiger partial charge is 0.187 e. The van der Waals surface area contributed by atoms with Crippen LogP contribution < -0.4 is 0 Å². The maximum absolute atomic E-state index is 13.7. The summed E-state index contributed by atoms with van der Waals surface area (Å²) >= 11 is 0. The van der Waals surface area contributed by atoms with Crippen molar-refractivity contribution in [3.8, 4) is 0 Å². The molecule has 0 bridgehead atoms. The highest BCUT2D eigenvalue weighted by Gasteiger charge is 2.71. The second-order valence-corrected chi connectivity index (χ2v) is 19.7. The number of aliphatic hydroxyl groups excluding tert-OH is 7. The van der Waals surface area contributed by atoms with Crippen LogP contribution in [0.25, 0.3) is 0 Å². The van der Waals surface area contributed by atoms with E-state index in [1.165, 1.54) is 11.9 Å². The molecule has 4 saturated carbocycles. The van der Waals surface area contributed by atoms with Crippen molar-refractivity contribution in [1.82, 2.24) is 0 Å². The summed E-state index contributed by atoms with van der Waals surface area (Å²) in [7, 11) is 0. The van der Waals surface area contributed by atoms with E-state index in [0.717, 1.165) is 51.4 Å². The van der Waals surface area contributed by atoms with Crippen molar-refractivity contribution in [2.75, 3.05) is 13.2 Å². The van der Waals surface area contributed by atoms with Crippen molar-refractivity contribution in [2.45, 2.75) is 186 Å². The zero-order chi connectivity index (χ0) is 40.5. The Kier molecular flexibility index (Phi) is 12.5. The summed E-state index contributed by atoms with van der Waals surface area (Å²) in [4.78, 5) is 13.7. The lowest BCUT2D eigenvalue weighted by Crippen LogP contribution is -2.67. The van der Waals surface area contributed by atoms with Crippen LogP contribution in [0.1, 0.15) is 113 Å². The first-order valence-corrected chi connectivity index (χ1v) is 20.8. The molecule has 0 aromatic heterocycles. The van der Waals surface area contributed by atoms with Crippen LogP contribution >= 0.6 is 0 Å². The molecule has 6 fully saturated rings. The molecule has 0 unspecified atom stereocenters. The molecule has 19 atom stereocenters. The number of rotatable bonds is 11. The number of carbonyl (C=O) groups excluding carboxylic acids is 1. The van der Waals surface area contributed by atoms with E-state index in [2.05, 4.69) is 47.6 Å². The Bertz CT molecular complexity index is 1380. The Morgan fingerprint density at radius 2 is 1.36 bits per heavy atom. The van der Waals surface area contributed by atoms with Crippen molar-refractivity contribution in [3.63, 3.8) is 0 Å². The third-order valence-corrected chi connectivity index (χ3v) is 16.4. The van der Waals surface area contributed by atoms with Crippen LogP contribution in [0, 0.1) is 45.3 Å². The van der Waals surface area contributed by atoms with Crippen molar-refractivity contribution >= 4 is 6.29 Å². The Hall–Kier alpha value is -1.07. The third-order valence-electron chi connectivity index (χ3n) is 16.4. The number of allylic oxidation sites excluding steroid dienone is 2. The van der Waals surface area contributed by atoms with E-state index in [0.29, 0.717) is 18.8 Å².